The van der Waals surface area contributed by atoms with Crippen LogP contribution in [0.1, 0.15) is 47.6 Å². The molecule has 1 fully saturated rings. The molecule has 1 atom stereocenters. The maximum atomic E-state index is 6.09. The molecule has 0 aliphatic carbocycles. The number of rotatable bonds is 7. The maximum absolute atomic E-state index is 6.09. The summed E-state index contributed by atoms with van der Waals surface area (Å²) in [4.78, 5) is 0. The van der Waals surface area contributed by atoms with Crippen molar-refractivity contribution in [1.82, 2.24) is 0 Å². The molecule has 0 spiro atoms. The van der Waals surface area contributed by atoms with E-state index in [-0.39, 0.29) is 6.10 Å². The minimum absolute atomic E-state index is 0.0663. The van der Waals surface area contributed by atoms with E-state index in [0.29, 0.717) is 0 Å². The third-order valence-corrected chi connectivity index (χ3v) is 5.80. The molecule has 3 aromatic rings. The molecule has 31 heavy (non-hydrogen) atoms. The van der Waals surface area contributed by atoms with Gasteiger partial charge in [-0.25, -0.2) is 0 Å². The molecule has 1 unspecified atom stereocenters. The number of hydrogen-bond acceptors (Lipinski definition) is 4. The van der Waals surface area contributed by atoms with Crippen molar-refractivity contribution in [2.75, 3.05) is 27.9 Å². The molecule has 0 bridgehead atoms. The Morgan fingerprint density at radius 2 is 1.29 bits per heavy atom. The van der Waals surface area contributed by atoms with Crippen LogP contribution >= 0.6 is 0 Å². The predicted octanol–water partition coefficient (Wildman–Crippen LogP) is 5.97. The van der Waals surface area contributed by atoms with E-state index in [9.17, 15) is 0 Å². The summed E-state index contributed by atoms with van der Waals surface area (Å²) in [6, 6.07) is 22.8. The van der Waals surface area contributed by atoms with Crippen molar-refractivity contribution in [3.63, 3.8) is 0 Å². The zero-order chi connectivity index (χ0) is 21.6. The first kappa shape index (κ1) is 21.3. The zero-order valence-electron chi connectivity index (χ0n) is 18.4. The highest BCUT2D eigenvalue weighted by atomic mass is 16.5. The number of benzene rings is 3. The van der Waals surface area contributed by atoms with Crippen LogP contribution < -0.4 is 14.2 Å². The lowest BCUT2D eigenvalue weighted by molar-refractivity contribution is 0.0136. The van der Waals surface area contributed by atoms with Crippen molar-refractivity contribution < 1.29 is 18.9 Å². The van der Waals surface area contributed by atoms with Gasteiger partial charge in [0.1, 0.15) is 17.2 Å². The monoisotopic (exact) mass is 417 g/mol. The average molecular weight is 418 g/mol. The van der Waals surface area contributed by atoms with Gasteiger partial charge in [0.2, 0.25) is 0 Å². The summed E-state index contributed by atoms with van der Waals surface area (Å²) in [7, 11) is 5.09. The lowest BCUT2D eigenvalue weighted by Gasteiger charge is -2.26. The van der Waals surface area contributed by atoms with Gasteiger partial charge in [-0.1, -0.05) is 30.3 Å². The molecule has 4 rings (SSSR count). The van der Waals surface area contributed by atoms with Crippen LogP contribution in [0.4, 0.5) is 0 Å². The van der Waals surface area contributed by atoms with Crippen LogP contribution in [0.2, 0.25) is 0 Å². The first-order valence-corrected chi connectivity index (χ1v) is 10.7. The quantitative estimate of drug-likeness (QED) is 0.444. The van der Waals surface area contributed by atoms with Crippen molar-refractivity contribution >= 4 is 0 Å². The summed E-state index contributed by atoms with van der Waals surface area (Å²) in [5.74, 6) is 3.69. The van der Waals surface area contributed by atoms with E-state index in [4.69, 9.17) is 18.9 Å². The molecule has 0 N–H and O–H groups in total. The fourth-order valence-electron chi connectivity index (χ4n) is 4.14. The van der Waals surface area contributed by atoms with Gasteiger partial charge in [-0.3, -0.25) is 0 Å². The van der Waals surface area contributed by atoms with Crippen molar-refractivity contribution in [3.8, 4) is 17.2 Å². The Morgan fingerprint density at radius 3 is 1.77 bits per heavy atom. The molecule has 1 heterocycles. The molecule has 0 aromatic heterocycles. The highest BCUT2D eigenvalue weighted by Crippen LogP contribution is 2.39. The van der Waals surface area contributed by atoms with Gasteiger partial charge in [0.25, 0.3) is 0 Å². The highest BCUT2D eigenvalue weighted by Gasteiger charge is 2.24. The van der Waals surface area contributed by atoms with E-state index in [2.05, 4.69) is 42.5 Å². The summed E-state index contributed by atoms with van der Waals surface area (Å²) in [6.45, 7) is 0.797. The third-order valence-electron chi connectivity index (χ3n) is 5.80. The summed E-state index contributed by atoms with van der Waals surface area (Å²) in [6.07, 6.45) is 3.37. The van der Waals surface area contributed by atoms with Gasteiger partial charge >= 0.3 is 0 Å². The van der Waals surface area contributed by atoms with E-state index < -0.39 is 0 Å². The molecular weight excluding hydrogens is 388 g/mol. The molecule has 161 valence electrons. The zero-order valence-corrected chi connectivity index (χ0v) is 18.4. The molecule has 1 saturated heterocycles. The molecule has 3 aromatic carbocycles. The van der Waals surface area contributed by atoms with Crippen LogP contribution in [-0.4, -0.2) is 27.9 Å². The molecule has 4 nitrogen and oxygen atoms in total. The Hall–Kier alpha value is -2.98. The minimum atomic E-state index is 0.0663. The smallest absolute Gasteiger partial charge is 0.124 e. The Labute approximate surface area is 184 Å². The normalized spacial score (nSPS) is 16.2. The van der Waals surface area contributed by atoms with Gasteiger partial charge in [0.05, 0.1) is 33.4 Å². The Kier molecular flexibility index (Phi) is 6.78. The number of ether oxygens (including phenoxy) is 4. The Bertz CT molecular complexity index is 926. The van der Waals surface area contributed by atoms with E-state index in [1.165, 1.54) is 6.42 Å². The molecule has 0 saturated carbocycles. The van der Waals surface area contributed by atoms with Gasteiger partial charge in [-0.05, 0) is 72.4 Å². The number of methoxy groups -OCH3 is 3. The lowest BCUT2D eigenvalue weighted by Crippen LogP contribution is -2.14. The van der Waals surface area contributed by atoms with Crippen molar-refractivity contribution in [2.45, 2.75) is 25.4 Å². The Morgan fingerprint density at radius 1 is 0.710 bits per heavy atom. The van der Waals surface area contributed by atoms with Crippen LogP contribution in [0.5, 0.6) is 17.2 Å². The SMILES string of the molecule is COc1ccc([C](c2ccc(OC)cc2)c2ccc(OC)c(C3CCCCO3)c2)cc1. The largest absolute Gasteiger partial charge is 0.497 e. The molecule has 0 amide bonds. The van der Waals surface area contributed by atoms with Crippen molar-refractivity contribution in [3.05, 3.63) is 94.9 Å². The minimum Gasteiger partial charge on any atom is -0.497 e. The van der Waals surface area contributed by atoms with Crippen LogP contribution in [-0.2, 0) is 4.74 Å². The maximum Gasteiger partial charge on any atom is 0.124 e. The second kappa shape index (κ2) is 9.88. The van der Waals surface area contributed by atoms with Gasteiger partial charge in [0, 0.05) is 12.2 Å². The average Bonchev–Trinajstić information content (AvgIpc) is 2.85. The highest BCUT2D eigenvalue weighted by molar-refractivity contribution is 5.60. The molecule has 1 aliphatic rings. The van der Waals surface area contributed by atoms with Crippen LogP contribution in [0.25, 0.3) is 0 Å². The van der Waals surface area contributed by atoms with Crippen molar-refractivity contribution in [2.24, 2.45) is 0 Å². The predicted molar refractivity (Wildman–Crippen MR) is 122 cm³/mol. The molecule has 1 aliphatic heterocycles. The first-order chi connectivity index (χ1) is 15.2. The summed E-state index contributed by atoms with van der Waals surface area (Å²) in [5, 5.41) is 0. The van der Waals surface area contributed by atoms with E-state index in [0.717, 1.165) is 64.9 Å². The second-order valence-electron chi connectivity index (χ2n) is 7.64. The molecular formula is C27H29O4. The topological polar surface area (TPSA) is 36.9 Å². The third kappa shape index (κ3) is 4.70. The van der Waals surface area contributed by atoms with Crippen LogP contribution in [0.3, 0.4) is 0 Å². The van der Waals surface area contributed by atoms with Gasteiger partial charge < -0.3 is 18.9 Å². The summed E-state index contributed by atoms with van der Waals surface area (Å²) >= 11 is 0. The molecule has 1 radical (unpaired) electrons. The molecule has 4 heteroatoms. The second-order valence-corrected chi connectivity index (χ2v) is 7.64. The van der Waals surface area contributed by atoms with E-state index >= 15 is 0 Å². The standard InChI is InChI=1S/C27H29O4/c1-28-22-12-7-19(8-13-22)27(20-9-14-23(29-2)15-10-20)21-11-16-25(30-3)24(18-21)26-6-4-5-17-31-26/h7-16,18,26H,4-6,17H2,1-3H3. The van der Waals surface area contributed by atoms with Crippen LogP contribution in [0.15, 0.2) is 66.7 Å². The fraction of sp³-hybridized carbons (Fsp3) is 0.296. The van der Waals surface area contributed by atoms with E-state index in [1.54, 1.807) is 21.3 Å². The van der Waals surface area contributed by atoms with Crippen molar-refractivity contribution in [1.29, 1.82) is 0 Å². The van der Waals surface area contributed by atoms with E-state index in [1.807, 2.05) is 24.3 Å². The summed E-state index contributed by atoms with van der Waals surface area (Å²) in [5.41, 5.74) is 4.47. The van der Waals surface area contributed by atoms with Crippen LogP contribution in [0, 0.1) is 5.92 Å². The van der Waals surface area contributed by atoms with Gasteiger partial charge in [0.15, 0.2) is 0 Å². The first-order valence-electron chi connectivity index (χ1n) is 10.7. The van der Waals surface area contributed by atoms with Gasteiger partial charge in [-0.15, -0.1) is 0 Å². The summed E-state index contributed by atoms with van der Waals surface area (Å²) < 4.78 is 22.5. The lowest BCUT2D eigenvalue weighted by atomic mass is 9.83. The number of hydrogen-bond donors (Lipinski definition) is 0. The van der Waals surface area contributed by atoms with Gasteiger partial charge in [-0.2, -0.15) is 0 Å². The fourth-order valence-corrected chi connectivity index (χ4v) is 4.14. The Balaban J connectivity index is 1.79.